The third-order valence-electron chi connectivity index (χ3n) is 1.85. The Morgan fingerprint density at radius 1 is 1.36 bits per heavy atom. The molecule has 0 atom stereocenters. The first-order valence-electron chi connectivity index (χ1n) is 4.93. The van der Waals surface area contributed by atoms with Crippen molar-refractivity contribution in [1.29, 1.82) is 0 Å². The highest BCUT2D eigenvalue weighted by atomic mass is 79.9. The van der Waals surface area contributed by atoms with Crippen LogP contribution in [-0.4, -0.2) is 4.98 Å². The predicted octanol–water partition coefficient (Wildman–Crippen LogP) is 3.78. The topological polar surface area (TPSA) is 12.9 Å². The zero-order valence-corrected chi connectivity index (χ0v) is 9.97. The van der Waals surface area contributed by atoms with E-state index in [9.17, 15) is 0 Å². The summed E-state index contributed by atoms with van der Waals surface area (Å²) in [5.74, 6) is 6.18. The summed E-state index contributed by atoms with van der Waals surface area (Å²) in [6.07, 6.45) is 6.46. The Bertz CT molecular complexity index is 318. The summed E-state index contributed by atoms with van der Waals surface area (Å²) in [4.78, 5) is 4.18. The molecule has 74 valence electrons. The average Bonchev–Trinajstić information content (AvgIpc) is 2.21. The number of aromatic nitrogens is 1. The maximum Gasteiger partial charge on any atom is 0.113 e. The van der Waals surface area contributed by atoms with Crippen molar-refractivity contribution in [3.63, 3.8) is 0 Å². The molecular formula is C12H14BrN. The van der Waals surface area contributed by atoms with Crippen LogP contribution in [0.15, 0.2) is 22.8 Å². The zero-order valence-electron chi connectivity index (χ0n) is 8.39. The fourth-order valence-electron chi connectivity index (χ4n) is 1.07. The Morgan fingerprint density at radius 2 is 2.21 bits per heavy atom. The van der Waals surface area contributed by atoms with Gasteiger partial charge in [-0.25, -0.2) is 4.98 Å². The second-order valence-electron chi connectivity index (χ2n) is 3.12. The Balaban J connectivity index is 2.39. The van der Waals surface area contributed by atoms with Crippen molar-refractivity contribution >= 4 is 15.9 Å². The molecule has 0 saturated heterocycles. The van der Waals surface area contributed by atoms with Crippen molar-refractivity contribution in [2.45, 2.75) is 32.6 Å². The number of unbranched alkanes of at least 4 members (excludes halogenated alkanes) is 3. The average molecular weight is 252 g/mol. The molecule has 1 rings (SSSR count). The minimum Gasteiger partial charge on any atom is -0.247 e. The molecule has 0 aromatic carbocycles. The second kappa shape index (κ2) is 6.62. The maximum atomic E-state index is 4.18. The van der Waals surface area contributed by atoms with Crippen molar-refractivity contribution in [3.05, 3.63) is 28.5 Å². The van der Waals surface area contributed by atoms with E-state index >= 15 is 0 Å². The molecule has 0 spiro atoms. The van der Waals surface area contributed by atoms with Gasteiger partial charge >= 0.3 is 0 Å². The fraction of sp³-hybridized carbons (Fsp3) is 0.417. The number of hydrogen-bond donors (Lipinski definition) is 0. The highest BCUT2D eigenvalue weighted by molar-refractivity contribution is 9.10. The number of pyridine rings is 1. The van der Waals surface area contributed by atoms with Crippen LogP contribution in [0.4, 0.5) is 0 Å². The summed E-state index contributed by atoms with van der Waals surface area (Å²) in [5.41, 5.74) is 0.852. The minimum atomic E-state index is 0.852. The molecular weight excluding hydrogens is 238 g/mol. The first-order chi connectivity index (χ1) is 6.83. The molecule has 1 nitrogen and oxygen atoms in total. The molecule has 1 aromatic rings. The van der Waals surface area contributed by atoms with Gasteiger partial charge in [-0.2, -0.15) is 0 Å². The highest BCUT2D eigenvalue weighted by Gasteiger charge is 1.87. The molecule has 14 heavy (non-hydrogen) atoms. The molecule has 0 aliphatic carbocycles. The molecule has 0 aliphatic heterocycles. The molecule has 1 aromatic heterocycles. The van der Waals surface area contributed by atoms with Crippen LogP contribution in [0.2, 0.25) is 0 Å². The van der Waals surface area contributed by atoms with Gasteiger partial charge in [0.05, 0.1) is 0 Å². The standard InChI is InChI=1S/C12H14BrN/c1-2-3-4-5-6-7-12-9-8-11(13)10-14-12/h8-10H,2-5H2,1H3. The molecule has 1 heterocycles. The SMILES string of the molecule is CCCCCC#Cc1ccc(Br)cn1. The monoisotopic (exact) mass is 251 g/mol. The number of halogens is 1. The maximum absolute atomic E-state index is 4.18. The lowest BCUT2D eigenvalue weighted by Crippen LogP contribution is -1.80. The molecule has 0 bridgehead atoms. The van der Waals surface area contributed by atoms with Gasteiger partial charge in [0.1, 0.15) is 5.69 Å². The summed E-state index contributed by atoms with van der Waals surface area (Å²) in [5, 5.41) is 0. The van der Waals surface area contributed by atoms with Crippen LogP contribution in [0, 0.1) is 11.8 Å². The van der Waals surface area contributed by atoms with Crippen molar-refractivity contribution in [2.24, 2.45) is 0 Å². The molecule has 0 fully saturated rings. The molecule has 0 amide bonds. The van der Waals surface area contributed by atoms with E-state index in [0.29, 0.717) is 0 Å². The lowest BCUT2D eigenvalue weighted by Gasteiger charge is -1.90. The summed E-state index contributed by atoms with van der Waals surface area (Å²) < 4.78 is 0.994. The van der Waals surface area contributed by atoms with Gasteiger partial charge in [0, 0.05) is 17.1 Å². The van der Waals surface area contributed by atoms with Gasteiger partial charge in [-0.3, -0.25) is 0 Å². The second-order valence-corrected chi connectivity index (χ2v) is 4.04. The van der Waals surface area contributed by atoms with E-state index in [4.69, 9.17) is 0 Å². The Kier molecular flexibility index (Phi) is 5.32. The van der Waals surface area contributed by atoms with Crippen molar-refractivity contribution in [2.75, 3.05) is 0 Å². The van der Waals surface area contributed by atoms with Crippen molar-refractivity contribution in [1.82, 2.24) is 4.98 Å². The normalized spacial score (nSPS) is 9.29. The largest absolute Gasteiger partial charge is 0.247 e. The molecule has 0 saturated carbocycles. The fourth-order valence-corrected chi connectivity index (χ4v) is 1.30. The van der Waals surface area contributed by atoms with Crippen LogP contribution >= 0.6 is 15.9 Å². The van der Waals surface area contributed by atoms with Crippen LogP contribution in [0.5, 0.6) is 0 Å². The third kappa shape index (κ3) is 4.43. The van der Waals surface area contributed by atoms with Gasteiger partial charge in [0.25, 0.3) is 0 Å². The Hall–Kier alpha value is -0.810. The zero-order chi connectivity index (χ0) is 10.2. The number of rotatable bonds is 3. The van der Waals surface area contributed by atoms with E-state index in [1.54, 1.807) is 6.20 Å². The lowest BCUT2D eigenvalue weighted by atomic mass is 10.2. The molecule has 2 heteroatoms. The minimum absolute atomic E-state index is 0.852. The predicted molar refractivity (Wildman–Crippen MR) is 63.0 cm³/mol. The van der Waals surface area contributed by atoms with Gasteiger partial charge in [-0.15, -0.1) is 0 Å². The first kappa shape index (κ1) is 11.3. The quantitative estimate of drug-likeness (QED) is 0.589. The van der Waals surface area contributed by atoms with E-state index in [0.717, 1.165) is 16.6 Å². The highest BCUT2D eigenvalue weighted by Crippen LogP contribution is 2.06. The van der Waals surface area contributed by atoms with E-state index in [1.807, 2.05) is 12.1 Å². The van der Waals surface area contributed by atoms with Crippen LogP contribution in [0.25, 0.3) is 0 Å². The van der Waals surface area contributed by atoms with E-state index in [2.05, 4.69) is 39.7 Å². The van der Waals surface area contributed by atoms with E-state index in [-0.39, 0.29) is 0 Å². The Morgan fingerprint density at radius 3 is 2.86 bits per heavy atom. The van der Waals surface area contributed by atoms with Crippen LogP contribution < -0.4 is 0 Å². The van der Waals surface area contributed by atoms with Gasteiger partial charge in [-0.1, -0.05) is 25.7 Å². The van der Waals surface area contributed by atoms with Gasteiger partial charge in [-0.05, 0) is 40.4 Å². The van der Waals surface area contributed by atoms with Gasteiger partial charge < -0.3 is 0 Å². The smallest absolute Gasteiger partial charge is 0.113 e. The summed E-state index contributed by atoms with van der Waals surface area (Å²) in [6.45, 7) is 2.20. The molecule has 0 radical (unpaired) electrons. The molecule has 0 aliphatic rings. The summed E-state index contributed by atoms with van der Waals surface area (Å²) in [7, 11) is 0. The summed E-state index contributed by atoms with van der Waals surface area (Å²) in [6, 6.07) is 3.89. The lowest BCUT2D eigenvalue weighted by molar-refractivity contribution is 0.737. The molecule has 0 unspecified atom stereocenters. The van der Waals surface area contributed by atoms with Crippen LogP contribution in [0.3, 0.4) is 0 Å². The third-order valence-corrected chi connectivity index (χ3v) is 2.32. The number of hydrogen-bond acceptors (Lipinski definition) is 1. The van der Waals surface area contributed by atoms with Crippen LogP contribution in [-0.2, 0) is 0 Å². The van der Waals surface area contributed by atoms with E-state index < -0.39 is 0 Å². The van der Waals surface area contributed by atoms with Crippen LogP contribution in [0.1, 0.15) is 38.3 Å². The number of nitrogens with zero attached hydrogens (tertiary/aromatic N) is 1. The van der Waals surface area contributed by atoms with Crippen molar-refractivity contribution in [3.8, 4) is 11.8 Å². The van der Waals surface area contributed by atoms with Gasteiger partial charge in [0.15, 0.2) is 0 Å². The Labute approximate surface area is 94.1 Å². The molecule has 0 N–H and O–H groups in total. The van der Waals surface area contributed by atoms with E-state index in [1.165, 1.54) is 19.3 Å². The van der Waals surface area contributed by atoms with Crippen molar-refractivity contribution < 1.29 is 0 Å². The first-order valence-corrected chi connectivity index (χ1v) is 5.72. The van der Waals surface area contributed by atoms with Gasteiger partial charge in [0.2, 0.25) is 0 Å². The summed E-state index contributed by atoms with van der Waals surface area (Å²) >= 11 is 3.34.